The molecule has 0 amide bonds. The lowest BCUT2D eigenvalue weighted by atomic mass is 9.98. The first-order valence-electron chi connectivity index (χ1n) is 10.7. The molecule has 2 aromatic heterocycles. The summed E-state index contributed by atoms with van der Waals surface area (Å²) in [7, 11) is 1.39. The van der Waals surface area contributed by atoms with Crippen LogP contribution in [0.2, 0.25) is 0 Å². The highest BCUT2D eigenvalue weighted by atomic mass is 19.1. The molecule has 0 atom stereocenters. The number of fused-ring (bicyclic) bond motifs is 1. The van der Waals surface area contributed by atoms with E-state index in [0.29, 0.717) is 48.9 Å². The molecule has 2 aliphatic heterocycles. The van der Waals surface area contributed by atoms with Crippen LogP contribution in [0.15, 0.2) is 18.5 Å². The molecule has 0 saturated carbocycles. The molecular weight excluding hydrogens is 399 g/mol. The van der Waals surface area contributed by atoms with Crippen molar-refractivity contribution in [2.24, 2.45) is 5.92 Å². The molecule has 3 N–H and O–H groups in total. The first kappa shape index (κ1) is 21.5. The van der Waals surface area contributed by atoms with Crippen molar-refractivity contribution in [3.63, 3.8) is 0 Å². The van der Waals surface area contributed by atoms with Crippen molar-refractivity contribution in [2.75, 3.05) is 40.0 Å². The van der Waals surface area contributed by atoms with E-state index < -0.39 is 5.82 Å². The molecule has 2 aliphatic rings. The number of nitrogens with zero attached hydrogens (tertiary/aromatic N) is 3. The molecule has 0 radical (unpaired) electrons. The van der Waals surface area contributed by atoms with Crippen molar-refractivity contribution in [1.29, 1.82) is 5.41 Å². The lowest BCUT2D eigenvalue weighted by molar-refractivity contribution is 0.145. The first-order valence-corrected chi connectivity index (χ1v) is 10.7. The van der Waals surface area contributed by atoms with Gasteiger partial charge in [-0.15, -0.1) is 0 Å². The van der Waals surface area contributed by atoms with Crippen LogP contribution >= 0.6 is 0 Å². The van der Waals surface area contributed by atoms with Crippen LogP contribution in [0.1, 0.15) is 24.1 Å². The number of hydrogen-bond donors (Lipinski definition) is 3. The Morgan fingerprint density at radius 3 is 2.94 bits per heavy atom. The Morgan fingerprint density at radius 2 is 2.19 bits per heavy atom. The largest absolute Gasteiger partial charge is 0.479 e. The van der Waals surface area contributed by atoms with Gasteiger partial charge >= 0.3 is 0 Å². The summed E-state index contributed by atoms with van der Waals surface area (Å²) in [6.07, 6.45) is 8.37. The summed E-state index contributed by atoms with van der Waals surface area (Å²) in [6.45, 7) is 4.13. The van der Waals surface area contributed by atoms with Crippen molar-refractivity contribution in [3.8, 4) is 17.1 Å². The van der Waals surface area contributed by atoms with Crippen LogP contribution < -0.4 is 15.4 Å². The fourth-order valence-electron chi connectivity index (χ4n) is 4.18. The molecule has 1 saturated heterocycles. The quantitative estimate of drug-likeness (QED) is 0.586. The number of methoxy groups -OCH3 is 1. The Balaban J connectivity index is 1.65. The van der Waals surface area contributed by atoms with Gasteiger partial charge in [0, 0.05) is 42.7 Å². The van der Waals surface area contributed by atoms with E-state index in [2.05, 4.69) is 15.6 Å². The normalized spacial score (nSPS) is 17.7. The highest BCUT2D eigenvalue weighted by Crippen LogP contribution is 2.30. The highest BCUT2D eigenvalue weighted by Gasteiger charge is 2.23. The predicted molar refractivity (Wildman–Crippen MR) is 117 cm³/mol. The Bertz CT molecular complexity index is 952. The number of rotatable bonds is 7. The minimum atomic E-state index is -0.528. The lowest BCUT2D eigenvalue weighted by Crippen LogP contribution is -2.32. The van der Waals surface area contributed by atoms with Crippen LogP contribution in [0.3, 0.4) is 0 Å². The monoisotopic (exact) mass is 428 g/mol. The minimum Gasteiger partial charge on any atom is -0.479 e. The molecule has 166 valence electrons. The van der Waals surface area contributed by atoms with Crippen molar-refractivity contribution < 1.29 is 13.9 Å². The zero-order valence-corrected chi connectivity index (χ0v) is 17.8. The highest BCUT2D eigenvalue weighted by molar-refractivity contribution is 6.00. The number of hydrogen-bond acceptors (Lipinski definition) is 7. The first-order chi connectivity index (χ1) is 15.2. The Morgan fingerprint density at radius 1 is 1.39 bits per heavy atom. The number of pyridine rings is 1. The molecule has 0 spiro atoms. The fourth-order valence-corrected chi connectivity index (χ4v) is 4.18. The van der Waals surface area contributed by atoms with Crippen molar-refractivity contribution in [1.82, 2.24) is 25.4 Å². The predicted octanol–water partition coefficient (Wildman–Crippen LogP) is 2.25. The smallest absolute Gasteiger partial charge is 0.250 e. The second kappa shape index (κ2) is 10.0. The van der Waals surface area contributed by atoms with E-state index in [1.165, 1.54) is 19.4 Å². The number of ether oxygens (including phenoxy) is 2. The van der Waals surface area contributed by atoms with Gasteiger partial charge in [-0.05, 0) is 44.3 Å². The summed E-state index contributed by atoms with van der Waals surface area (Å²) in [5.41, 5.74) is 3.89. The van der Waals surface area contributed by atoms with Crippen LogP contribution in [0.5, 0.6) is 5.88 Å². The zero-order valence-electron chi connectivity index (χ0n) is 17.8. The van der Waals surface area contributed by atoms with E-state index in [1.807, 2.05) is 6.20 Å². The van der Waals surface area contributed by atoms with Crippen LogP contribution in [-0.4, -0.2) is 60.9 Å². The van der Waals surface area contributed by atoms with Gasteiger partial charge in [-0.25, -0.2) is 14.1 Å². The van der Waals surface area contributed by atoms with E-state index in [0.717, 1.165) is 43.7 Å². The summed E-state index contributed by atoms with van der Waals surface area (Å²) in [6, 6.07) is 1.40. The van der Waals surface area contributed by atoms with Gasteiger partial charge in [-0.1, -0.05) is 0 Å². The molecule has 0 aliphatic carbocycles. The summed E-state index contributed by atoms with van der Waals surface area (Å²) < 4.78 is 26.7. The molecule has 2 aromatic rings. The fraction of sp³-hybridized carbons (Fsp3) is 0.500. The zero-order chi connectivity index (χ0) is 21.6. The standard InChI is InChI=1S/C22H29FN6O2/c1-30-22-19(23)10-16(13-27-22)21-18-4-8-31-9-5-20(18)29(28-21)17(11-24)14-26-12-15-2-6-25-7-3-15/h10-11,13-15,24-26H,2-9,12H2,1H3/b17-14+,24-11?. The lowest BCUT2D eigenvalue weighted by Gasteiger charge is -2.22. The average molecular weight is 429 g/mol. The van der Waals surface area contributed by atoms with Crippen molar-refractivity contribution in [3.05, 3.63) is 35.5 Å². The molecular formula is C22H29FN6O2. The second-order valence-corrected chi connectivity index (χ2v) is 7.83. The molecule has 4 heterocycles. The molecule has 1 fully saturated rings. The topological polar surface area (TPSA) is 97.1 Å². The SMILES string of the molecule is COc1ncc(-c2nn(/C(C=N)=C/NCC3CCNCC3)c3c2CCOCC3)cc1F. The number of piperidine rings is 1. The third kappa shape index (κ3) is 4.77. The van der Waals surface area contributed by atoms with Gasteiger partial charge < -0.3 is 25.5 Å². The van der Waals surface area contributed by atoms with Crippen molar-refractivity contribution in [2.45, 2.75) is 25.7 Å². The van der Waals surface area contributed by atoms with E-state index in [-0.39, 0.29) is 5.88 Å². The number of nitrogens with one attached hydrogen (secondary N) is 3. The Hall–Kier alpha value is -2.78. The van der Waals surface area contributed by atoms with Gasteiger partial charge in [0.1, 0.15) is 0 Å². The summed E-state index contributed by atoms with van der Waals surface area (Å²) >= 11 is 0. The molecule has 4 rings (SSSR count). The van der Waals surface area contributed by atoms with Gasteiger partial charge in [0.05, 0.1) is 37.4 Å². The molecule has 0 unspecified atom stereocenters. The molecule has 9 heteroatoms. The average Bonchev–Trinajstić information content (AvgIpc) is 2.98. The number of allylic oxidation sites excluding steroid dienone is 1. The van der Waals surface area contributed by atoms with E-state index in [4.69, 9.17) is 20.0 Å². The van der Waals surface area contributed by atoms with Crippen LogP contribution in [-0.2, 0) is 17.6 Å². The van der Waals surface area contributed by atoms with Gasteiger partial charge in [-0.2, -0.15) is 5.10 Å². The molecule has 0 bridgehead atoms. The van der Waals surface area contributed by atoms with Crippen LogP contribution in [0, 0.1) is 17.1 Å². The Kier molecular flexibility index (Phi) is 6.93. The van der Waals surface area contributed by atoms with Crippen molar-refractivity contribution >= 4 is 11.9 Å². The van der Waals surface area contributed by atoms with E-state index in [9.17, 15) is 4.39 Å². The van der Waals surface area contributed by atoms with Gasteiger partial charge in [0.2, 0.25) is 5.88 Å². The Labute approximate surface area is 181 Å². The van der Waals surface area contributed by atoms with Gasteiger partial charge in [-0.3, -0.25) is 0 Å². The third-order valence-corrected chi connectivity index (χ3v) is 5.85. The molecule has 0 aromatic carbocycles. The number of aromatic nitrogens is 3. The summed E-state index contributed by atoms with van der Waals surface area (Å²) in [5, 5.41) is 19.5. The van der Waals surface area contributed by atoms with E-state index >= 15 is 0 Å². The van der Waals surface area contributed by atoms with Crippen LogP contribution in [0.4, 0.5) is 4.39 Å². The van der Waals surface area contributed by atoms with E-state index in [1.54, 1.807) is 10.9 Å². The maximum atomic E-state index is 14.3. The van der Waals surface area contributed by atoms with Gasteiger partial charge in [0.15, 0.2) is 5.82 Å². The molecule has 8 nitrogen and oxygen atoms in total. The second-order valence-electron chi connectivity index (χ2n) is 7.83. The maximum absolute atomic E-state index is 14.3. The third-order valence-electron chi connectivity index (χ3n) is 5.85. The van der Waals surface area contributed by atoms with Gasteiger partial charge in [0.25, 0.3) is 0 Å². The number of halogens is 1. The molecule has 31 heavy (non-hydrogen) atoms. The minimum absolute atomic E-state index is 0.0419. The van der Waals surface area contributed by atoms with Crippen LogP contribution in [0.25, 0.3) is 17.0 Å². The summed E-state index contributed by atoms with van der Waals surface area (Å²) in [5.74, 6) is 0.0518. The summed E-state index contributed by atoms with van der Waals surface area (Å²) in [4.78, 5) is 4.07. The maximum Gasteiger partial charge on any atom is 0.250 e.